The smallest absolute Gasteiger partial charge is 0.317 e. The van der Waals surface area contributed by atoms with E-state index in [0.717, 1.165) is 45.0 Å². The minimum Gasteiger partial charge on any atom is -0.379 e. The third-order valence-corrected chi connectivity index (χ3v) is 5.03. The van der Waals surface area contributed by atoms with Gasteiger partial charge in [0.2, 0.25) is 0 Å². The quantitative estimate of drug-likeness (QED) is 0.824. The van der Waals surface area contributed by atoms with Gasteiger partial charge in [0.25, 0.3) is 0 Å². The number of benzene rings is 1. The second-order valence-corrected chi connectivity index (χ2v) is 7.13. The first kappa shape index (κ1) is 19.7. The number of hydrogen-bond acceptors (Lipinski definition) is 3. The van der Waals surface area contributed by atoms with Gasteiger partial charge >= 0.3 is 6.03 Å². The SMILES string of the molecule is CCN(C(=O)NCc1ccc(CN2CCOCC2)cc1)C(C)C(C)C. The van der Waals surface area contributed by atoms with Crippen molar-refractivity contribution < 1.29 is 9.53 Å². The Hall–Kier alpha value is -1.59. The lowest BCUT2D eigenvalue weighted by Gasteiger charge is -2.31. The maximum absolute atomic E-state index is 12.4. The zero-order chi connectivity index (χ0) is 18.2. The molecule has 5 heteroatoms. The number of morpholine rings is 1. The first-order valence-electron chi connectivity index (χ1n) is 9.43. The van der Waals surface area contributed by atoms with Crippen molar-refractivity contribution in [2.24, 2.45) is 5.92 Å². The minimum atomic E-state index is 0.0149. The van der Waals surface area contributed by atoms with Crippen molar-refractivity contribution in [2.45, 2.75) is 46.8 Å². The Balaban J connectivity index is 1.83. The summed E-state index contributed by atoms with van der Waals surface area (Å²) in [5.74, 6) is 0.449. The number of rotatable bonds is 7. The third kappa shape index (κ3) is 6.01. The molecule has 1 aliphatic heterocycles. The van der Waals surface area contributed by atoms with Gasteiger partial charge in [0, 0.05) is 38.8 Å². The Bertz CT molecular complexity index is 524. The van der Waals surface area contributed by atoms with Crippen LogP contribution >= 0.6 is 0 Å². The van der Waals surface area contributed by atoms with Crippen molar-refractivity contribution in [1.82, 2.24) is 15.1 Å². The van der Waals surface area contributed by atoms with Crippen molar-refractivity contribution in [3.05, 3.63) is 35.4 Å². The van der Waals surface area contributed by atoms with Gasteiger partial charge in [-0.25, -0.2) is 4.79 Å². The van der Waals surface area contributed by atoms with E-state index in [1.54, 1.807) is 0 Å². The molecule has 0 spiro atoms. The largest absolute Gasteiger partial charge is 0.379 e. The van der Waals surface area contributed by atoms with Crippen LogP contribution in [-0.2, 0) is 17.8 Å². The molecule has 1 saturated heterocycles. The zero-order valence-electron chi connectivity index (χ0n) is 16.1. The predicted molar refractivity (Wildman–Crippen MR) is 101 cm³/mol. The monoisotopic (exact) mass is 347 g/mol. The fourth-order valence-corrected chi connectivity index (χ4v) is 3.04. The Morgan fingerprint density at radius 2 is 1.76 bits per heavy atom. The van der Waals surface area contributed by atoms with E-state index in [9.17, 15) is 4.79 Å². The Morgan fingerprint density at radius 1 is 1.16 bits per heavy atom. The Labute approximate surface area is 152 Å². The number of nitrogens with one attached hydrogen (secondary N) is 1. The molecular formula is C20H33N3O2. The molecule has 140 valence electrons. The second-order valence-electron chi connectivity index (χ2n) is 7.13. The fraction of sp³-hybridized carbons (Fsp3) is 0.650. The first-order chi connectivity index (χ1) is 12.0. The molecule has 25 heavy (non-hydrogen) atoms. The summed E-state index contributed by atoms with van der Waals surface area (Å²) in [6.07, 6.45) is 0. The van der Waals surface area contributed by atoms with Crippen LogP contribution in [0.2, 0.25) is 0 Å². The lowest BCUT2D eigenvalue weighted by molar-refractivity contribution is 0.0342. The molecule has 1 unspecified atom stereocenters. The summed E-state index contributed by atoms with van der Waals surface area (Å²) in [4.78, 5) is 16.7. The average Bonchev–Trinajstić information content (AvgIpc) is 2.62. The lowest BCUT2D eigenvalue weighted by atomic mass is 10.1. The van der Waals surface area contributed by atoms with Crippen LogP contribution in [0.1, 0.15) is 38.8 Å². The molecule has 2 rings (SSSR count). The molecule has 1 aliphatic rings. The van der Waals surface area contributed by atoms with Crippen LogP contribution < -0.4 is 5.32 Å². The highest BCUT2D eigenvalue weighted by Crippen LogP contribution is 2.12. The summed E-state index contributed by atoms with van der Waals surface area (Å²) in [7, 11) is 0. The van der Waals surface area contributed by atoms with Crippen LogP contribution in [-0.4, -0.2) is 54.7 Å². The molecule has 1 fully saturated rings. The standard InChI is InChI=1S/C20H33N3O2/c1-5-23(17(4)16(2)3)20(24)21-14-18-6-8-19(9-7-18)15-22-10-12-25-13-11-22/h6-9,16-17H,5,10-15H2,1-4H3,(H,21,24). The van der Waals surface area contributed by atoms with E-state index in [1.165, 1.54) is 5.56 Å². The van der Waals surface area contributed by atoms with Crippen molar-refractivity contribution in [2.75, 3.05) is 32.8 Å². The van der Waals surface area contributed by atoms with Crippen molar-refractivity contribution >= 4 is 6.03 Å². The topological polar surface area (TPSA) is 44.8 Å². The number of nitrogens with zero attached hydrogens (tertiary/aromatic N) is 2. The van der Waals surface area contributed by atoms with Crippen molar-refractivity contribution in [3.8, 4) is 0 Å². The lowest BCUT2D eigenvalue weighted by Crippen LogP contribution is -2.46. The highest BCUT2D eigenvalue weighted by Gasteiger charge is 2.20. The van der Waals surface area contributed by atoms with Gasteiger partial charge < -0.3 is 15.0 Å². The van der Waals surface area contributed by atoms with E-state index in [4.69, 9.17) is 4.74 Å². The summed E-state index contributed by atoms with van der Waals surface area (Å²) in [6, 6.07) is 8.79. The molecule has 1 N–H and O–H groups in total. The fourth-order valence-electron chi connectivity index (χ4n) is 3.04. The van der Waals surface area contributed by atoms with E-state index in [-0.39, 0.29) is 12.1 Å². The summed E-state index contributed by atoms with van der Waals surface area (Å²) in [5, 5.41) is 3.05. The van der Waals surface area contributed by atoms with Gasteiger partial charge in [0.1, 0.15) is 0 Å². The minimum absolute atomic E-state index is 0.0149. The molecule has 0 bridgehead atoms. The normalized spacial score (nSPS) is 16.7. The number of carbonyl (C=O) groups is 1. The van der Waals surface area contributed by atoms with Crippen LogP contribution in [0, 0.1) is 5.92 Å². The van der Waals surface area contributed by atoms with E-state index in [2.05, 4.69) is 55.3 Å². The summed E-state index contributed by atoms with van der Waals surface area (Å²) >= 11 is 0. The van der Waals surface area contributed by atoms with Crippen LogP contribution in [0.5, 0.6) is 0 Å². The average molecular weight is 348 g/mol. The summed E-state index contributed by atoms with van der Waals surface area (Å²) in [6.45, 7) is 14.3. The van der Waals surface area contributed by atoms with Crippen LogP contribution in [0.25, 0.3) is 0 Å². The van der Waals surface area contributed by atoms with E-state index in [0.29, 0.717) is 12.5 Å². The Kier molecular flexibility index (Phi) is 7.72. The molecule has 1 aromatic carbocycles. The van der Waals surface area contributed by atoms with E-state index >= 15 is 0 Å². The van der Waals surface area contributed by atoms with Gasteiger partial charge in [0.15, 0.2) is 0 Å². The maximum Gasteiger partial charge on any atom is 0.317 e. The molecule has 5 nitrogen and oxygen atoms in total. The first-order valence-corrected chi connectivity index (χ1v) is 9.43. The number of carbonyl (C=O) groups excluding carboxylic acids is 1. The van der Waals surface area contributed by atoms with Gasteiger partial charge in [-0.15, -0.1) is 0 Å². The van der Waals surface area contributed by atoms with E-state index in [1.807, 2.05) is 11.8 Å². The summed E-state index contributed by atoms with van der Waals surface area (Å²) < 4.78 is 5.38. The molecule has 2 amide bonds. The molecule has 1 atom stereocenters. The number of amides is 2. The maximum atomic E-state index is 12.4. The van der Waals surface area contributed by atoms with Crippen LogP contribution in [0.4, 0.5) is 4.79 Å². The van der Waals surface area contributed by atoms with Crippen LogP contribution in [0.3, 0.4) is 0 Å². The molecule has 0 saturated carbocycles. The number of hydrogen-bond donors (Lipinski definition) is 1. The molecule has 1 heterocycles. The summed E-state index contributed by atoms with van der Waals surface area (Å²) in [5.41, 5.74) is 2.44. The molecule has 0 radical (unpaired) electrons. The van der Waals surface area contributed by atoms with E-state index < -0.39 is 0 Å². The van der Waals surface area contributed by atoms with Crippen LogP contribution in [0.15, 0.2) is 24.3 Å². The highest BCUT2D eigenvalue weighted by atomic mass is 16.5. The van der Waals surface area contributed by atoms with Gasteiger partial charge in [-0.2, -0.15) is 0 Å². The van der Waals surface area contributed by atoms with Gasteiger partial charge in [-0.3, -0.25) is 4.90 Å². The van der Waals surface area contributed by atoms with Crippen molar-refractivity contribution in [1.29, 1.82) is 0 Å². The molecular weight excluding hydrogens is 314 g/mol. The third-order valence-electron chi connectivity index (χ3n) is 5.03. The molecule has 0 aromatic heterocycles. The molecule has 1 aromatic rings. The number of ether oxygens (including phenoxy) is 1. The highest BCUT2D eigenvalue weighted by molar-refractivity contribution is 5.74. The number of urea groups is 1. The van der Waals surface area contributed by atoms with Gasteiger partial charge in [0.05, 0.1) is 13.2 Å². The Morgan fingerprint density at radius 3 is 2.32 bits per heavy atom. The van der Waals surface area contributed by atoms with Crippen molar-refractivity contribution in [3.63, 3.8) is 0 Å². The predicted octanol–water partition coefficient (Wildman–Crippen LogP) is 3.09. The zero-order valence-corrected chi connectivity index (χ0v) is 16.1. The second kappa shape index (κ2) is 9.78. The van der Waals surface area contributed by atoms with Gasteiger partial charge in [-0.1, -0.05) is 38.1 Å². The molecule has 0 aliphatic carbocycles. The van der Waals surface area contributed by atoms with Gasteiger partial charge in [-0.05, 0) is 30.9 Å².